The zero-order valence-corrected chi connectivity index (χ0v) is 11.4. The third kappa shape index (κ3) is 2.79. The minimum atomic E-state index is 0.856. The number of hydrogen-bond acceptors (Lipinski definition) is 2. The van der Waals surface area contributed by atoms with E-state index in [1.165, 1.54) is 22.4 Å². The molecule has 1 aromatic heterocycles. The summed E-state index contributed by atoms with van der Waals surface area (Å²) in [6, 6.07) is 8.61. The number of rotatable bonds is 5. The van der Waals surface area contributed by atoms with Gasteiger partial charge in [0, 0.05) is 17.8 Å². The van der Waals surface area contributed by atoms with E-state index < -0.39 is 0 Å². The van der Waals surface area contributed by atoms with Crippen LogP contribution in [0.4, 0.5) is 0 Å². The van der Waals surface area contributed by atoms with Crippen molar-refractivity contribution in [1.29, 1.82) is 0 Å². The Kier molecular flexibility index (Phi) is 4.15. The highest BCUT2D eigenvalue weighted by Crippen LogP contribution is 2.13. The molecule has 1 heterocycles. The fourth-order valence-electron chi connectivity index (χ4n) is 2.32. The van der Waals surface area contributed by atoms with Crippen molar-refractivity contribution >= 4 is 0 Å². The van der Waals surface area contributed by atoms with E-state index in [0.29, 0.717) is 0 Å². The van der Waals surface area contributed by atoms with E-state index in [1.807, 2.05) is 13.2 Å². The van der Waals surface area contributed by atoms with Crippen LogP contribution in [0.3, 0.4) is 0 Å². The monoisotopic (exact) mass is 243 g/mol. The van der Waals surface area contributed by atoms with Crippen LogP contribution in [0, 0.1) is 6.92 Å². The molecule has 96 valence electrons. The molecule has 2 aromatic rings. The number of benzene rings is 1. The average molecular weight is 243 g/mol. The quantitative estimate of drug-likeness (QED) is 0.874. The van der Waals surface area contributed by atoms with E-state index >= 15 is 0 Å². The molecule has 0 aliphatic heterocycles. The highest BCUT2D eigenvalue weighted by atomic mass is 15.3. The highest BCUT2D eigenvalue weighted by Gasteiger charge is 2.08. The van der Waals surface area contributed by atoms with E-state index in [2.05, 4.69) is 53.2 Å². The maximum absolute atomic E-state index is 4.51. The summed E-state index contributed by atoms with van der Waals surface area (Å²) in [5, 5.41) is 7.70. The van der Waals surface area contributed by atoms with Gasteiger partial charge in [-0.05, 0) is 26.0 Å². The predicted octanol–water partition coefficient (Wildman–Crippen LogP) is 2.52. The van der Waals surface area contributed by atoms with Gasteiger partial charge in [0.05, 0.1) is 12.7 Å². The summed E-state index contributed by atoms with van der Waals surface area (Å²) in [5.41, 5.74) is 5.23. The molecule has 0 spiro atoms. The topological polar surface area (TPSA) is 29.9 Å². The van der Waals surface area contributed by atoms with Gasteiger partial charge < -0.3 is 5.32 Å². The molecule has 0 aliphatic carbocycles. The standard InChI is InChI=1S/C15H21N3/c1-4-15-14(9-16-3)10-17-18(15)11-13-7-5-6-12(2)8-13/h5-8,10,16H,4,9,11H2,1-3H3. The van der Waals surface area contributed by atoms with Crippen molar-refractivity contribution in [2.75, 3.05) is 7.05 Å². The molecular formula is C15H21N3. The van der Waals surface area contributed by atoms with Crippen LogP contribution >= 0.6 is 0 Å². The van der Waals surface area contributed by atoms with E-state index in [9.17, 15) is 0 Å². The van der Waals surface area contributed by atoms with Gasteiger partial charge in [0.25, 0.3) is 0 Å². The van der Waals surface area contributed by atoms with Crippen molar-refractivity contribution in [2.45, 2.75) is 33.4 Å². The number of nitrogens with one attached hydrogen (secondary N) is 1. The van der Waals surface area contributed by atoms with Crippen LogP contribution in [0.2, 0.25) is 0 Å². The van der Waals surface area contributed by atoms with Crippen LogP contribution in [0.1, 0.15) is 29.3 Å². The Morgan fingerprint density at radius 2 is 2.17 bits per heavy atom. The molecule has 0 unspecified atom stereocenters. The molecule has 3 nitrogen and oxygen atoms in total. The molecule has 0 fully saturated rings. The normalized spacial score (nSPS) is 10.8. The maximum Gasteiger partial charge on any atom is 0.0662 e. The Labute approximate surface area is 109 Å². The Hall–Kier alpha value is -1.61. The molecule has 1 aromatic carbocycles. The van der Waals surface area contributed by atoms with E-state index in [-0.39, 0.29) is 0 Å². The molecule has 0 bridgehead atoms. The maximum atomic E-state index is 4.51. The summed E-state index contributed by atoms with van der Waals surface area (Å²) >= 11 is 0. The Morgan fingerprint density at radius 3 is 2.83 bits per heavy atom. The zero-order chi connectivity index (χ0) is 13.0. The van der Waals surface area contributed by atoms with Crippen LogP contribution in [-0.2, 0) is 19.5 Å². The molecule has 0 atom stereocenters. The van der Waals surface area contributed by atoms with Gasteiger partial charge >= 0.3 is 0 Å². The van der Waals surface area contributed by atoms with Gasteiger partial charge in [-0.25, -0.2) is 0 Å². The van der Waals surface area contributed by atoms with Gasteiger partial charge in [-0.1, -0.05) is 36.8 Å². The van der Waals surface area contributed by atoms with Crippen LogP contribution < -0.4 is 5.32 Å². The van der Waals surface area contributed by atoms with Crippen molar-refractivity contribution in [3.8, 4) is 0 Å². The van der Waals surface area contributed by atoms with E-state index in [4.69, 9.17) is 0 Å². The van der Waals surface area contributed by atoms with Crippen LogP contribution in [0.15, 0.2) is 30.5 Å². The van der Waals surface area contributed by atoms with Gasteiger partial charge in [0.1, 0.15) is 0 Å². The first-order chi connectivity index (χ1) is 8.74. The lowest BCUT2D eigenvalue weighted by Crippen LogP contribution is -2.10. The highest BCUT2D eigenvalue weighted by molar-refractivity contribution is 5.24. The number of hydrogen-bond donors (Lipinski definition) is 1. The van der Waals surface area contributed by atoms with Crippen molar-refractivity contribution in [3.63, 3.8) is 0 Å². The second-order valence-electron chi connectivity index (χ2n) is 4.65. The fourth-order valence-corrected chi connectivity index (χ4v) is 2.32. The summed E-state index contributed by atoms with van der Waals surface area (Å²) in [6.45, 7) is 6.05. The molecule has 0 radical (unpaired) electrons. The smallest absolute Gasteiger partial charge is 0.0662 e. The number of aryl methyl sites for hydroxylation is 1. The molecular weight excluding hydrogens is 222 g/mol. The lowest BCUT2D eigenvalue weighted by Gasteiger charge is -2.08. The predicted molar refractivity (Wildman–Crippen MR) is 74.6 cm³/mol. The minimum absolute atomic E-state index is 0.856. The largest absolute Gasteiger partial charge is 0.316 e. The van der Waals surface area contributed by atoms with Crippen LogP contribution in [-0.4, -0.2) is 16.8 Å². The van der Waals surface area contributed by atoms with E-state index in [1.54, 1.807) is 0 Å². The fraction of sp³-hybridized carbons (Fsp3) is 0.400. The summed E-state index contributed by atoms with van der Waals surface area (Å²) < 4.78 is 2.11. The van der Waals surface area contributed by atoms with Crippen LogP contribution in [0.25, 0.3) is 0 Å². The minimum Gasteiger partial charge on any atom is -0.316 e. The lowest BCUT2D eigenvalue weighted by atomic mass is 10.1. The molecule has 1 N–H and O–H groups in total. The van der Waals surface area contributed by atoms with E-state index in [0.717, 1.165) is 19.5 Å². The molecule has 2 rings (SSSR count). The third-order valence-electron chi connectivity index (χ3n) is 3.15. The summed E-state index contributed by atoms with van der Waals surface area (Å²) in [6.07, 6.45) is 2.99. The lowest BCUT2D eigenvalue weighted by molar-refractivity contribution is 0.645. The number of nitrogens with zero attached hydrogens (tertiary/aromatic N) is 2. The first-order valence-corrected chi connectivity index (χ1v) is 6.48. The van der Waals surface area contributed by atoms with Crippen molar-refractivity contribution in [2.24, 2.45) is 0 Å². The van der Waals surface area contributed by atoms with Crippen molar-refractivity contribution < 1.29 is 0 Å². The molecule has 0 aliphatic rings. The third-order valence-corrected chi connectivity index (χ3v) is 3.15. The van der Waals surface area contributed by atoms with Crippen LogP contribution in [0.5, 0.6) is 0 Å². The second-order valence-corrected chi connectivity index (χ2v) is 4.65. The molecule has 3 heteroatoms. The van der Waals surface area contributed by atoms with Gasteiger partial charge in [-0.3, -0.25) is 4.68 Å². The molecule has 0 saturated heterocycles. The summed E-state index contributed by atoms with van der Waals surface area (Å²) in [7, 11) is 1.97. The molecule has 18 heavy (non-hydrogen) atoms. The summed E-state index contributed by atoms with van der Waals surface area (Å²) in [4.78, 5) is 0. The van der Waals surface area contributed by atoms with Gasteiger partial charge in [-0.15, -0.1) is 0 Å². The second kappa shape index (κ2) is 5.83. The van der Waals surface area contributed by atoms with Crippen molar-refractivity contribution in [3.05, 3.63) is 52.8 Å². The molecule has 0 saturated carbocycles. The van der Waals surface area contributed by atoms with Gasteiger partial charge in [0.2, 0.25) is 0 Å². The SMILES string of the molecule is CCc1c(CNC)cnn1Cc1cccc(C)c1. The summed E-state index contributed by atoms with van der Waals surface area (Å²) in [5.74, 6) is 0. The Morgan fingerprint density at radius 1 is 1.33 bits per heavy atom. The average Bonchev–Trinajstić information content (AvgIpc) is 2.72. The Bertz CT molecular complexity index is 514. The first kappa shape index (κ1) is 12.8. The number of aromatic nitrogens is 2. The van der Waals surface area contributed by atoms with Gasteiger partial charge in [0.15, 0.2) is 0 Å². The zero-order valence-electron chi connectivity index (χ0n) is 11.4. The first-order valence-electron chi connectivity index (χ1n) is 6.48. The van der Waals surface area contributed by atoms with Gasteiger partial charge in [-0.2, -0.15) is 5.10 Å². The molecule has 0 amide bonds. The Balaban J connectivity index is 2.23. The van der Waals surface area contributed by atoms with Crippen molar-refractivity contribution in [1.82, 2.24) is 15.1 Å².